The van der Waals surface area contributed by atoms with Gasteiger partial charge in [0.25, 0.3) is 0 Å². The molecule has 0 radical (unpaired) electrons. The van der Waals surface area contributed by atoms with E-state index < -0.39 is 12.0 Å². The zero-order valence-electron chi connectivity index (χ0n) is 13.0. The average molecular weight is 299 g/mol. The van der Waals surface area contributed by atoms with E-state index in [1.54, 1.807) is 0 Å². The highest BCUT2D eigenvalue weighted by Gasteiger charge is 2.34. The van der Waals surface area contributed by atoms with Crippen LogP contribution in [0.25, 0.3) is 0 Å². The summed E-state index contributed by atoms with van der Waals surface area (Å²) in [4.78, 5) is 37.3. The van der Waals surface area contributed by atoms with Crippen LogP contribution in [0.5, 0.6) is 0 Å². The minimum atomic E-state index is -0.774. The van der Waals surface area contributed by atoms with Crippen molar-refractivity contribution >= 4 is 17.8 Å². The van der Waals surface area contributed by atoms with Crippen molar-refractivity contribution in [2.45, 2.75) is 33.2 Å². The number of likely N-dealkylation sites (N-methyl/N-ethyl adjacent to an activating group) is 1. The van der Waals surface area contributed by atoms with E-state index in [4.69, 9.17) is 4.74 Å². The molecule has 120 valence electrons. The Balaban J connectivity index is 2.61. The van der Waals surface area contributed by atoms with Gasteiger partial charge in [0.05, 0.1) is 19.6 Å². The first-order valence-electron chi connectivity index (χ1n) is 7.39. The van der Waals surface area contributed by atoms with Gasteiger partial charge in [-0.3, -0.25) is 14.4 Å². The van der Waals surface area contributed by atoms with Crippen LogP contribution in [-0.4, -0.2) is 61.5 Å². The number of carbonyl (C=O) groups excluding carboxylic acids is 3. The van der Waals surface area contributed by atoms with E-state index in [1.165, 1.54) is 4.90 Å². The molecule has 7 nitrogen and oxygen atoms in total. The van der Waals surface area contributed by atoms with Gasteiger partial charge in [-0.2, -0.15) is 0 Å². The molecule has 7 heteroatoms. The third-order valence-corrected chi connectivity index (χ3v) is 3.12. The van der Waals surface area contributed by atoms with E-state index in [2.05, 4.69) is 10.6 Å². The smallest absolute Gasteiger partial charge is 0.308 e. The summed E-state index contributed by atoms with van der Waals surface area (Å²) in [5.41, 5.74) is 0. The Hall–Kier alpha value is -1.63. The molecule has 1 aliphatic heterocycles. The first kappa shape index (κ1) is 17.4. The summed E-state index contributed by atoms with van der Waals surface area (Å²) >= 11 is 0. The molecule has 0 aromatic carbocycles. The molecule has 0 saturated carbocycles. The first-order valence-corrected chi connectivity index (χ1v) is 7.39. The number of hydrogen-bond acceptors (Lipinski definition) is 5. The average Bonchev–Trinajstić information content (AvgIpc) is 2.44. The molecule has 1 unspecified atom stereocenters. The van der Waals surface area contributed by atoms with Crippen LogP contribution < -0.4 is 10.6 Å². The number of piperazine rings is 1. The summed E-state index contributed by atoms with van der Waals surface area (Å²) in [5, 5.41) is 5.62. The van der Waals surface area contributed by atoms with Crippen molar-refractivity contribution in [2.75, 3.05) is 32.8 Å². The Morgan fingerprint density at radius 1 is 1.48 bits per heavy atom. The molecule has 1 saturated heterocycles. The molecular formula is C14H25N3O4. The lowest BCUT2D eigenvalue weighted by molar-refractivity contribution is -0.152. The summed E-state index contributed by atoms with van der Waals surface area (Å²) in [6, 6.07) is -0.774. The number of nitrogens with one attached hydrogen (secondary N) is 2. The van der Waals surface area contributed by atoms with Gasteiger partial charge in [-0.25, -0.2) is 0 Å². The Kier molecular flexibility index (Phi) is 7.14. The van der Waals surface area contributed by atoms with Gasteiger partial charge in [0.1, 0.15) is 6.04 Å². The van der Waals surface area contributed by atoms with Gasteiger partial charge >= 0.3 is 5.97 Å². The molecule has 0 aromatic heterocycles. The van der Waals surface area contributed by atoms with Crippen LogP contribution in [0.1, 0.15) is 27.2 Å². The molecule has 2 N–H and O–H groups in total. The Labute approximate surface area is 125 Å². The van der Waals surface area contributed by atoms with Crippen LogP contribution >= 0.6 is 0 Å². The topological polar surface area (TPSA) is 87.7 Å². The van der Waals surface area contributed by atoms with Gasteiger partial charge in [0.2, 0.25) is 11.8 Å². The standard InChI is InChI=1S/C14H25N3O4/c1-4-15-8-12(18)17-6-5-16-14(20)11(17)7-13(19)21-9-10(2)3/h10-11,15H,4-9H2,1-3H3,(H,16,20). The monoisotopic (exact) mass is 299 g/mol. The summed E-state index contributed by atoms with van der Waals surface area (Å²) in [5.74, 6) is -0.687. The van der Waals surface area contributed by atoms with E-state index in [0.29, 0.717) is 26.2 Å². The molecule has 1 aliphatic rings. The molecule has 0 bridgehead atoms. The molecule has 1 heterocycles. The highest BCUT2D eigenvalue weighted by molar-refractivity contribution is 5.92. The van der Waals surface area contributed by atoms with Gasteiger partial charge in [-0.05, 0) is 12.5 Å². The van der Waals surface area contributed by atoms with E-state index in [1.807, 2.05) is 20.8 Å². The van der Waals surface area contributed by atoms with Crippen LogP contribution in [0, 0.1) is 5.92 Å². The minimum Gasteiger partial charge on any atom is -0.465 e. The van der Waals surface area contributed by atoms with E-state index in [-0.39, 0.29) is 30.7 Å². The van der Waals surface area contributed by atoms with Gasteiger partial charge in [-0.1, -0.05) is 20.8 Å². The Morgan fingerprint density at radius 2 is 2.19 bits per heavy atom. The lowest BCUT2D eigenvalue weighted by Crippen LogP contribution is -2.59. The second-order valence-corrected chi connectivity index (χ2v) is 5.46. The fraction of sp³-hybridized carbons (Fsp3) is 0.786. The number of nitrogens with zero attached hydrogens (tertiary/aromatic N) is 1. The van der Waals surface area contributed by atoms with Crippen LogP contribution in [-0.2, 0) is 19.1 Å². The van der Waals surface area contributed by atoms with Gasteiger partial charge in [0, 0.05) is 13.1 Å². The molecule has 2 amide bonds. The molecule has 0 aliphatic carbocycles. The number of rotatable bonds is 7. The first-order chi connectivity index (χ1) is 9.95. The van der Waals surface area contributed by atoms with E-state index >= 15 is 0 Å². The molecule has 1 fully saturated rings. The van der Waals surface area contributed by atoms with Crippen LogP contribution in [0.3, 0.4) is 0 Å². The molecule has 21 heavy (non-hydrogen) atoms. The van der Waals surface area contributed by atoms with E-state index in [9.17, 15) is 14.4 Å². The quantitative estimate of drug-likeness (QED) is 0.620. The maximum Gasteiger partial charge on any atom is 0.308 e. The Morgan fingerprint density at radius 3 is 2.81 bits per heavy atom. The third kappa shape index (κ3) is 5.71. The summed E-state index contributed by atoms with van der Waals surface area (Å²) in [6.07, 6.45) is -0.101. The highest BCUT2D eigenvalue weighted by Crippen LogP contribution is 2.10. The summed E-state index contributed by atoms with van der Waals surface area (Å²) in [7, 11) is 0. The van der Waals surface area contributed by atoms with Gasteiger partial charge < -0.3 is 20.3 Å². The van der Waals surface area contributed by atoms with Gasteiger partial charge in [0.15, 0.2) is 0 Å². The predicted octanol–water partition coefficient (Wildman–Crippen LogP) is -0.488. The number of carbonyl (C=O) groups is 3. The minimum absolute atomic E-state index is 0.101. The molecule has 1 rings (SSSR count). The van der Waals surface area contributed by atoms with Crippen molar-refractivity contribution in [3.8, 4) is 0 Å². The maximum atomic E-state index is 12.1. The second kappa shape index (κ2) is 8.61. The normalized spacial score (nSPS) is 18.6. The summed E-state index contributed by atoms with van der Waals surface area (Å²) < 4.78 is 5.09. The molecule has 0 spiro atoms. The number of esters is 1. The number of ether oxygens (including phenoxy) is 1. The maximum absolute atomic E-state index is 12.1. The lowest BCUT2D eigenvalue weighted by atomic mass is 10.1. The SMILES string of the molecule is CCNCC(=O)N1CCNC(=O)C1CC(=O)OCC(C)C. The molecule has 0 aromatic rings. The van der Waals surface area contributed by atoms with Crippen molar-refractivity contribution < 1.29 is 19.1 Å². The Bertz CT molecular complexity index is 384. The van der Waals surface area contributed by atoms with Crippen molar-refractivity contribution in [3.63, 3.8) is 0 Å². The zero-order chi connectivity index (χ0) is 15.8. The van der Waals surface area contributed by atoms with Crippen LogP contribution in [0.4, 0.5) is 0 Å². The van der Waals surface area contributed by atoms with Crippen molar-refractivity contribution in [1.82, 2.24) is 15.5 Å². The lowest BCUT2D eigenvalue weighted by Gasteiger charge is -2.34. The second-order valence-electron chi connectivity index (χ2n) is 5.46. The van der Waals surface area contributed by atoms with Crippen molar-refractivity contribution in [3.05, 3.63) is 0 Å². The molecular weight excluding hydrogens is 274 g/mol. The van der Waals surface area contributed by atoms with E-state index in [0.717, 1.165) is 0 Å². The number of hydrogen-bond donors (Lipinski definition) is 2. The fourth-order valence-corrected chi connectivity index (χ4v) is 2.03. The summed E-state index contributed by atoms with van der Waals surface area (Å²) in [6.45, 7) is 7.76. The van der Waals surface area contributed by atoms with Gasteiger partial charge in [-0.15, -0.1) is 0 Å². The van der Waals surface area contributed by atoms with Crippen LogP contribution in [0.15, 0.2) is 0 Å². The third-order valence-electron chi connectivity index (χ3n) is 3.12. The predicted molar refractivity (Wildman–Crippen MR) is 77.5 cm³/mol. The highest BCUT2D eigenvalue weighted by atomic mass is 16.5. The fourth-order valence-electron chi connectivity index (χ4n) is 2.03. The number of amides is 2. The van der Waals surface area contributed by atoms with Crippen molar-refractivity contribution in [2.24, 2.45) is 5.92 Å². The van der Waals surface area contributed by atoms with Crippen LogP contribution in [0.2, 0.25) is 0 Å². The van der Waals surface area contributed by atoms with Crippen molar-refractivity contribution in [1.29, 1.82) is 0 Å². The largest absolute Gasteiger partial charge is 0.465 e. The zero-order valence-corrected chi connectivity index (χ0v) is 13.0. The molecule has 1 atom stereocenters.